The Morgan fingerprint density at radius 2 is 2.05 bits per heavy atom. The van der Waals surface area contributed by atoms with Crippen molar-refractivity contribution in [2.24, 2.45) is 11.8 Å². The summed E-state index contributed by atoms with van der Waals surface area (Å²) < 4.78 is 0. The monoisotopic (exact) mass is 305 g/mol. The van der Waals surface area contributed by atoms with E-state index < -0.39 is 0 Å². The van der Waals surface area contributed by atoms with E-state index in [-0.39, 0.29) is 18.1 Å². The van der Waals surface area contributed by atoms with E-state index in [2.05, 4.69) is 22.5 Å². The van der Waals surface area contributed by atoms with E-state index in [9.17, 15) is 9.90 Å². The van der Waals surface area contributed by atoms with E-state index >= 15 is 0 Å². The van der Waals surface area contributed by atoms with Gasteiger partial charge < -0.3 is 20.7 Å². The normalized spacial score (nSPS) is 27.2. The molecule has 2 aliphatic rings. The van der Waals surface area contributed by atoms with Gasteiger partial charge in [0.1, 0.15) is 5.69 Å². The SMILES string of the molecule is CCc1ccc(C(=O)N[C@@H](C2CCNCC2)C2CC(O)C2)[nH]1. The van der Waals surface area contributed by atoms with Crippen LogP contribution in [0, 0.1) is 11.8 Å². The Bertz CT molecular complexity index is 502. The molecule has 1 aromatic rings. The third kappa shape index (κ3) is 3.36. The first-order valence-corrected chi connectivity index (χ1v) is 8.55. The number of hydrogen-bond acceptors (Lipinski definition) is 3. The van der Waals surface area contributed by atoms with Crippen molar-refractivity contribution in [1.82, 2.24) is 15.6 Å². The zero-order chi connectivity index (χ0) is 15.5. The number of carbonyl (C=O) groups is 1. The van der Waals surface area contributed by atoms with Crippen molar-refractivity contribution in [1.29, 1.82) is 0 Å². The zero-order valence-corrected chi connectivity index (χ0v) is 13.3. The highest BCUT2D eigenvalue weighted by atomic mass is 16.3. The minimum atomic E-state index is -0.178. The number of carbonyl (C=O) groups excluding carboxylic acids is 1. The first-order chi connectivity index (χ1) is 10.7. The minimum Gasteiger partial charge on any atom is -0.393 e. The quantitative estimate of drug-likeness (QED) is 0.665. The summed E-state index contributed by atoms with van der Waals surface area (Å²) in [6.45, 7) is 4.12. The Kier molecular flexibility index (Phi) is 4.84. The third-order valence-corrected chi connectivity index (χ3v) is 5.22. The molecule has 5 nitrogen and oxygen atoms in total. The summed E-state index contributed by atoms with van der Waals surface area (Å²) in [4.78, 5) is 15.7. The molecule has 5 heteroatoms. The smallest absolute Gasteiger partial charge is 0.267 e. The predicted octanol–water partition coefficient (Wildman–Crippen LogP) is 1.45. The van der Waals surface area contributed by atoms with Crippen molar-refractivity contribution in [3.8, 4) is 0 Å². The van der Waals surface area contributed by atoms with Gasteiger partial charge in [0, 0.05) is 11.7 Å². The number of hydrogen-bond donors (Lipinski definition) is 4. The van der Waals surface area contributed by atoms with E-state index in [4.69, 9.17) is 0 Å². The molecule has 0 spiro atoms. The van der Waals surface area contributed by atoms with Crippen molar-refractivity contribution in [2.75, 3.05) is 13.1 Å². The molecule has 122 valence electrons. The molecule has 1 aliphatic heterocycles. The number of nitrogens with one attached hydrogen (secondary N) is 3. The van der Waals surface area contributed by atoms with Gasteiger partial charge in [0.15, 0.2) is 0 Å². The van der Waals surface area contributed by atoms with Crippen LogP contribution in [0.2, 0.25) is 0 Å². The fraction of sp³-hybridized carbons (Fsp3) is 0.706. The maximum absolute atomic E-state index is 12.5. The molecule has 22 heavy (non-hydrogen) atoms. The highest BCUT2D eigenvalue weighted by molar-refractivity contribution is 5.92. The predicted molar refractivity (Wildman–Crippen MR) is 85.7 cm³/mol. The number of rotatable bonds is 5. The maximum atomic E-state index is 12.5. The van der Waals surface area contributed by atoms with Crippen LogP contribution in [0.5, 0.6) is 0 Å². The Labute approximate surface area is 131 Å². The lowest BCUT2D eigenvalue weighted by molar-refractivity contribution is 0.00914. The molecule has 1 atom stereocenters. The molecule has 1 aromatic heterocycles. The van der Waals surface area contributed by atoms with E-state index in [0.29, 0.717) is 17.5 Å². The van der Waals surface area contributed by atoms with E-state index in [1.807, 2.05) is 12.1 Å². The second-order valence-electron chi connectivity index (χ2n) is 6.72. The average molecular weight is 305 g/mol. The van der Waals surface area contributed by atoms with Crippen LogP contribution < -0.4 is 10.6 Å². The number of H-pyrrole nitrogens is 1. The first-order valence-electron chi connectivity index (χ1n) is 8.55. The maximum Gasteiger partial charge on any atom is 0.267 e. The Morgan fingerprint density at radius 1 is 1.32 bits per heavy atom. The number of aromatic nitrogens is 1. The molecule has 0 aromatic carbocycles. The number of aromatic amines is 1. The molecule has 3 rings (SSSR count). The molecule has 2 heterocycles. The molecule has 0 radical (unpaired) electrons. The molecule has 1 saturated heterocycles. The van der Waals surface area contributed by atoms with Crippen LogP contribution in [0.1, 0.15) is 48.8 Å². The Hall–Kier alpha value is -1.33. The number of aliphatic hydroxyl groups excluding tert-OH is 1. The van der Waals surface area contributed by atoms with Crippen LogP contribution in [0.3, 0.4) is 0 Å². The molecule has 1 saturated carbocycles. The molecule has 1 amide bonds. The van der Waals surface area contributed by atoms with Crippen LogP contribution in [0.4, 0.5) is 0 Å². The van der Waals surface area contributed by atoms with E-state index in [0.717, 1.165) is 50.9 Å². The van der Waals surface area contributed by atoms with Crippen LogP contribution in [0.25, 0.3) is 0 Å². The van der Waals surface area contributed by atoms with Crippen molar-refractivity contribution in [3.63, 3.8) is 0 Å². The fourth-order valence-electron chi connectivity index (χ4n) is 3.76. The summed E-state index contributed by atoms with van der Waals surface area (Å²) in [7, 11) is 0. The molecular weight excluding hydrogens is 278 g/mol. The Morgan fingerprint density at radius 3 is 2.64 bits per heavy atom. The largest absolute Gasteiger partial charge is 0.393 e. The van der Waals surface area contributed by atoms with Crippen LogP contribution in [0.15, 0.2) is 12.1 Å². The van der Waals surface area contributed by atoms with E-state index in [1.54, 1.807) is 0 Å². The minimum absolute atomic E-state index is 0.00961. The van der Waals surface area contributed by atoms with Crippen molar-refractivity contribution in [2.45, 2.75) is 51.2 Å². The summed E-state index contributed by atoms with van der Waals surface area (Å²) >= 11 is 0. The lowest BCUT2D eigenvalue weighted by Gasteiger charge is -2.43. The highest BCUT2D eigenvalue weighted by Crippen LogP contribution is 2.35. The van der Waals surface area contributed by atoms with Crippen LogP contribution in [-0.4, -0.2) is 41.2 Å². The van der Waals surface area contributed by atoms with Crippen molar-refractivity contribution >= 4 is 5.91 Å². The number of aliphatic hydroxyl groups is 1. The topological polar surface area (TPSA) is 77.2 Å². The van der Waals surface area contributed by atoms with Gasteiger partial charge in [-0.15, -0.1) is 0 Å². The van der Waals surface area contributed by atoms with Crippen molar-refractivity contribution in [3.05, 3.63) is 23.5 Å². The summed E-state index contributed by atoms with van der Waals surface area (Å²) in [5.41, 5.74) is 1.73. The first kappa shape index (κ1) is 15.6. The second kappa shape index (κ2) is 6.84. The van der Waals surface area contributed by atoms with Gasteiger partial charge in [-0.3, -0.25) is 4.79 Å². The molecule has 2 fully saturated rings. The van der Waals surface area contributed by atoms with Gasteiger partial charge in [0.2, 0.25) is 0 Å². The lowest BCUT2D eigenvalue weighted by atomic mass is 9.71. The molecule has 0 unspecified atom stereocenters. The fourth-order valence-corrected chi connectivity index (χ4v) is 3.76. The zero-order valence-electron chi connectivity index (χ0n) is 13.3. The summed E-state index contributed by atoms with van der Waals surface area (Å²) in [5.74, 6) is 0.926. The molecule has 1 aliphatic carbocycles. The van der Waals surface area contributed by atoms with Crippen molar-refractivity contribution < 1.29 is 9.90 Å². The lowest BCUT2D eigenvalue weighted by Crippen LogP contribution is -2.52. The third-order valence-electron chi connectivity index (χ3n) is 5.22. The summed E-state index contributed by atoms with van der Waals surface area (Å²) in [6.07, 6.45) is 4.56. The van der Waals surface area contributed by atoms with Crippen LogP contribution >= 0.6 is 0 Å². The van der Waals surface area contributed by atoms with Gasteiger partial charge in [-0.2, -0.15) is 0 Å². The van der Waals surface area contributed by atoms with Crippen LogP contribution in [-0.2, 0) is 6.42 Å². The van der Waals surface area contributed by atoms with Gasteiger partial charge in [-0.1, -0.05) is 6.92 Å². The Balaban J connectivity index is 1.67. The summed E-state index contributed by atoms with van der Waals surface area (Å²) in [6, 6.07) is 4.02. The molecule has 0 bridgehead atoms. The second-order valence-corrected chi connectivity index (χ2v) is 6.72. The van der Waals surface area contributed by atoms with Gasteiger partial charge >= 0.3 is 0 Å². The van der Waals surface area contributed by atoms with Gasteiger partial charge in [0.25, 0.3) is 5.91 Å². The standard InChI is InChI=1S/C17H27N3O2/c1-2-13-3-4-15(19-13)17(22)20-16(12-9-14(21)10-12)11-5-7-18-8-6-11/h3-4,11-12,14,16,18-19,21H,2,5-10H2,1H3,(H,20,22)/t12?,14?,16-/m0/s1. The summed E-state index contributed by atoms with van der Waals surface area (Å²) in [5, 5.41) is 16.3. The number of aryl methyl sites for hydroxylation is 1. The van der Waals surface area contributed by atoms with E-state index in [1.165, 1.54) is 0 Å². The van der Waals surface area contributed by atoms with Gasteiger partial charge in [-0.25, -0.2) is 0 Å². The molecule has 4 N–H and O–H groups in total. The average Bonchev–Trinajstić information content (AvgIpc) is 3.00. The number of piperidine rings is 1. The molecular formula is C17H27N3O2. The van der Waals surface area contributed by atoms with Gasteiger partial charge in [0.05, 0.1) is 6.10 Å². The van der Waals surface area contributed by atoms with Gasteiger partial charge in [-0.05, 0) is 69.2 Å². The number of amides is 1. The highest BCUT2D eigenvalue weighted by Gasteiger charge is 2.39.